The van der Waals surface area contributed by atoms with E-state index in [4.69, 9.17) is 10.5 Å². The molecule has 5 heteroatoms. The molecular formula is C21H33N3O2. The average molecular weight is 360 g/mol. The molecule has 1 aromatic carbocycles. The van der Waals surface area contributed by atoms with Crippen molar-refractivity contribution in [1.82, 2.24) is 9.80 Å². The molecule has 1 saturated carbocycles. The van der Waals surface area contributed by atoms with Crippen LogP contribution in [-0.2, 0) is 16.0 Å². The average Bonchev–Trinajstić information content (AvgIpc) is 2.66. The summed E-state index contributed by atoms with van der Waals surface area (Å²) in [5.74, 6) is 0.0983. The first-order valence-corrected chi connectivity index (χ1v) is 9.84. The van der Waals surface area contributed by atoms with Crippen molar-refractivity contribution >= 4 is 5.91 Å². The third kappa shape index (κ3) is 3.53. The van der Waals surface area contributed by atoms with Crippen LogP contribution in [0.4, 0.5) is 0 Å². The molecule has 0 radical (unpaired) electrons. The molecule has 0 aromatic heterocycles. The van der Waals surface area contributed by atoms with E-state index in [1.54, 1.807) is 0 Å². The normalized spacial score (nSPS) is 28.6. The van der Waals surface area contributed by atoms with Crippen LogP contribution in [0.3, 0.4) is 0 Å². The molecule has 1 amide bonds. The maximum atomic E-state index is 13.1. The van der Waals surface area contributed by atoms with E-state index in [1.807, 2.05) is 11.8 Å². The first-order valence-electron chi connectivity index (χ1n) is 9.84. The zero-order chi connectivity index (χ0) is 18.8. The molecule has 1 saturated heterocycles. The molecule has 1 aliphatic heterocycles. The zero-order valence-corrected chi connectivity index (χ0v) is 16.4. The van der Waals surface area contributed by atoms with Gasteiger partial charge >= 0.3 is 0 Å². The van der Waals surface area contributed by atoms with Gasteiger partial charge in [-0.15, -0.1) is 0 Å². The number of hydrogen-bond donors (Lipinski definition) is 1. The standard InChI is InChI=1S/C21H33N3O2/c1-4-26-18-16-21(22,20(18,2)3)19(25)24-14-12-23(13-15-24)11-10-17-8-6-5-7-9-17/h5-9,18H,4,10-16,22H2,1-3H3. The van der Waals surface area contributed by atoms with E-state index in [1.165, 1.54) is 5.56 Å². The van der Waals surface area contributed by atoms with Crippen molar-refractivity contribution in [2.45, 2.75) is 45.3 Å². The zero-order valence-electron chi connectivity index (χ0n) is 16.4. The second kappa shape index (κ2) is 7.67. The SMILES string of the molecule is CCOC1CC(N)(C(=O)N2CCN(CCc3ccccc3)CC2)C1(C)C. The number of rotatable bonds is 6. The monoisotopic (exact) mass is 359 g/mol. The topological polar surface area (TPSA) is 58.8 Å². The van der Waals surface area contributed by atoms with E-state index in [9.17, 15) is 4.79 Å². The number of carbonyl (C=O) groups is 1. The fourth-order valence-corrected chi connectivity index (χ4v) is 4.19. The number of nitrogens with two attached hydrogens (primary N) is 1. The Morgan fingerprint density at radius 2 is 1.85 bits per heavy atom. The van der Waals surface area contributed by atoms with Crippen LogP contribution in [0.15, 0.2) is 30.3 Å². The lowest BCUT2D eigenvalue weighted by molar-refractivity contribution is -0.180. The van der Waals surface area contributed by atoms with Gasteiger partial charge in [-0.1, -0.05) is 44.2 Å². The summed E-state index contributed by atoms with van der Waals surface area (Å²) in [6.45, 7) is 11.2. The molecule has 2 fully saturated rings. The minimum atomic E-state index is -0.793. The van der Waals surface area contributed by atoms with E-state index in [0.29, 0.717) is 13.0 Å². The molecule has 1 aliphatic carbocycles. The van der Waals surface area contributed by atoms with E-state index in [2.05, 4.69) is 49.1 Å². The quantitative estimate of drug-likeness (QED) is 0.843. The fourth-order valence-electron chi connectivity index (χ4n) is 4.19. The molecule has 144 valence electrons. The van der Waals surface area contributed by atoms with Crippen molar-refractivity contribution in [1.29, 1.82) is 0 Å². The lowest BCUT2D eigenvalue weighted by atomic mass is 9.54. The predicted molar refractivity (Wildman–Crippen MR) is 104 cm³/mol. The molecule has 2 atom stereocenters. The Hall–Kier alpha value is -1.43. The van der Waals surface area contributed by atoms with Crippen LogP contribution in [0.2, 0.25) is 0 Å². The summed E-state index contributed by atoms with van der Waals surface area (Å²) in [6.07, 6.45) is 1.76. The Bertz CT molecular complexity index is 611. The first kappa shape index (κ1) is 19.3. The molecule has 5 nitrogen and oxygen atoms in total. The maximum Gasteiger partial charge on any atom is 0.243 e. The highest BCUT2D eigenvalue weighted by Gasteiger charge is 2.63. The van der Waals surface area contributed by atoms with Gasteiger partial charge in [0.05, 0.1) is 6.10 Å². The molecule has 0 bridgehead atoms. The highest BCUT2D eigenvalue weighted by atomic mass is 16.5. The fraction of sp³-hybridized carbons (Fsp3) is 0.667. The van der Waals surface area contributed by atoms with Crippen molar-refractivity contribution in [3.05, 3.63) is 35.9 Å². The summed E-state index contributed by atoms with van der Waals surface area (Å²) in [6, 6.07) is 10.6. The smallest absolute Gasteiger partial charge is 0.243 e. The lowest BCUT2D eigenvalue weighted by Gasteiger charge is -2.59. The summed E-state index contributed by atoms with van der Waals surface area (Å²) in [5.41, 5.74) is 6.82. The van der Waals surface area contributed by atoms with Crippen LogP contribution < -0.4 is 5.73 Å². The molecule has 3 rings (SSSR count). The third-order valence-corrected chi connectivity index (χ3v) is 6.43. The third-order valence-electron chi connectivity index (χ3n) is 6.43. The van der Waals surface area contributed by atoms with Gasteiger partial charge in [-0.05, 0) is 18.9 Å². The molecule has 2 N–H and O–H groups in total. The minimum absolute atomic E-state index is 0.0774. The molecule has 1 heterocycles. The van der Waals surface area contributed by atoms with Crippen molar-refractivity contribution in [3.63, 3.8) is 0 Å². The number of benzene rings is 1. The van der Waals surface area contributed by atoms with Gasteiger partial charge in [0.25, 0.3) is 0 Å². The number of piperazine rings is 1. The Morgan fingerprint density at radius 3 is 2.42 bits per heavy atom. The maximum absolute atomic E-state index is 13.1. The van der Waals surface area contributed by atoms with E-state index < -0.39 is 5.54 Å². The van der Waals surface area contributed by atoms with E-state index in [0.717, 1.165) is 39.1 Å². The van der Waals surface area contributed by atoms with Gasteiger partial charge in [-0.25, -0.2) is 0 Å². The summed E-state index contributed by atoms with van der Waals surface area (Å²) in [4.78, 5) is 17.5. The molecule has 26 heavy (non-hydrogen) atoms. The number of carbonyl (C=O) groups excluding carboxylic acids is 1. The second-order valence-corrected chi connectivity index (χ2v) is 8.21. The van der Waals surface area contributed by atoms with Crippen molar-refractivity contribution in [3.8, 4) is 0 Å². The number of amides is 1. The van der Waals surface area contributed by atoms with Crippen LogP contribution in [0, 0.1) is 5.41 Å². The first-order chi connectivity index (χ1) is 12.4. The molecular weight excluding hydrogens is 326 g/mol. The Kier molecular flexibility index (Phi) is 5.70. The Labute approximate surface area is 157 Å². The summed E-state index contributed by atoms with van der Waals surface area (Å²) >= 11 is 0. The highest BCUT2D eigenvalue weighted by molar-refractivity contribution is 5.89. The largest absolute Gasteiger partial charge is 0.378 e. The van der Waals surface area contributed by atoms with Crippen LogP contribution in [0.1, 0.15) is 32.8 Å². The second-order valence-electron chi connectivity index (χ2n) is 8.21. The summed E-state index contributed by atoms with van der Waals surface area (Å²) in [5, 5.41) is 0. The molecule has 1 aromatic rings. The van der Waals surface area contributed by atoms with Gasteiger partial charge in [0.1, 0.15) is 5.54 Å². The van der Waals surface area contributed by atoms with Crippen LogP contribution in [0.5, 0.6) is 0 Å². The predicted octanol–water partition coefficient (Wildman–Crippen LogP) is 1.91. The minimum Gasteiger partial charge on any atom is -0.378 e. The van der Waals surface area contributed by atoms with Gasteiger partial charge in [-0.3, -0.25) is 9.69 Å². The van der Waals surface area contributed by atoms with Gasteiger partial charge in [0.15, 0.2) is 0 Å². The van der Waals surface area contributed by atoms with Crippen LogP contribution in [0.25, 0.3) is 0 Å². The van der Waals surface area contributed by atoms with E-state index >= 15 is 0 Å². The number of ether oxygens (including phenoxy) is 1. The summed E-state index contributed by atoms with van der Waals surface area (Å²) < 4.78 is 5.76. The van der Waals surface area contributed by atoms with Crippen molar-refractivity contribution in [2.75, 3.05) is 39.3 Å². The number of nitrogens with zero attached hydrogens (tertiary/aromatic N) is 2. The van der Waals surface area contributed by atoms with Gasteiger partial charge in [-0.2, -0.15) is 0 Å². The van der Waals surface area contributed by atoms with Gasteiger partial charge < -0.3 is 15.4 Å². The van der Waals surface area contributed by atoms with Crippen LogP contribution >= 0.6 is 0 Å². The Morgan fingerprint density at radius 1 is 1.19 bits per heavy atom. The Balaban J connectivity index is 1.49. The van der Waals surface area contributed by atoms with Gasteiger partial charge in [0.2, 0.25) is 5.91 Å². The summed E-state index contributed by atoms with van der Waals surface area (Å²) in [7, 11) is 0. The molecule has 2 unspecified atom stereocenters. The van der Waals surface area contributed by atoms with E-state index in [-0.39, 0.29) is 17.4 Å². The van der Waals surface area contributed by atoms with Crippen LogP contribution in [-0.4, -0.2) is 66.7 Å². The van der Waals surface area contributed by atoms with Crippen molar-refractivity contribution < 1.29 is 9.53 Å². The highest BCUT2D eigenvalue weighted by Crippen LogP contribution is 2.50. The number of hydrogen-bond acceptors (Lipinski definition) is 4. The molecule has 0 spiro atoms. The van der Waals surface area contributed by atoms with Crippen molar-refractivity contribution in [2.24, 2.45) is 11.1 Å². The lowest BCUT2D eigenvalue weighted by Crippen LogP contribution is -2.76. The van der Waals surface area contributed by atoms with Gasteiger partial charge in [0, 0.05) is 51.2 Å². The molecule has 2 aliphatic rings.